The van der Waals surface area contributed by atoms with Crippen LogP contribution in [0.1, 0.15) is 19.8 Å². The Morgan fingerprint density at radius 3 is 3.09 bits per heavy atom. The Kier molecular flexibility index (Phi) is 4.71. The van der Waals surface area contributed by atoms with Crippen LogP contribution in [0.3, 0.4) is 0 Å². The van der Waals surface area contributed by atoms with Crippen LogP contribution in [-0.2, 0) is 0 Å². The van der Waals surface area contributed by atoms with Gasteiger partial charge in [-0.05, 0) is 56.1 Å². The summed E-state index contributed by atoms with van der Waals surface area (Å²) in [6, 6.07) is 7.10. The number of nitrogens with zero attached hydrogens (tertiary/aromatic N) is 3. The molecule has 0 aliphatic carbocycles. The van der Waals surface area contributed by atoms with Gasteiger partial charge in [0.2, 0.25) is 0 Å². The molecule has 1 aliphatic heterocycles. The van der Waals surface area contributed by atoms with E-state index in [2.05, 4.69) is 22.1 Å². The van der Waals surface area contributed by atoms with Crippen molar-refractivity contribution in [2.75, 3.05) is 31.5 Å². The number of nitro benzene ring substituents is 1. The average molecular weight is 314 g/mol. The molecule has 122 valence electrons. The molecule has 23 heavy (non-hydrogen) atoms. The summed E-state index contributed by atoms with van der Waals surface area (Å²) in [6.07, 6.45) is 3.97. The lowest BCUT2D eigenvalue weighted by Crippen LogP contribution is -2.23. The molecule has 1 fully saturated rings. The van der Waals surface area contributed by atoms with Crippen LogP contribution in [0.5, 0.6) is 0 Å². The van der Waals surface area contributed by atoms with E-state index in [-0.39, 0.29) is 10.6 Å². The average Bonchev–Trinajstić information content (AvgIpc) is 3.00. The number of likely N-dealkylation sites (tertiary alicyclic amines) is 1. The highest BCUT2D eigenvalue weighted by Crippen LogP contribution is 2.32. The zero-order valence-corrected chi connectivity index (χ0v) is 13.4. The van der Waals surface area contributed by atoms with Crippen LogP contribution in [0.25, 0.3) is 10.9 Å². The highest BCUT2D eigenvalue weighted by atomic mass is 16.6. The highest BCUT2D eigenvalue weighted by Gasteiger charge is 2.23. The Labute approximate surface area is 135 Å². The van der Waals surface area contributed by atoms with Crippen LogP contribution < -0.4 is 5.32 Å². The number of aromatic nitrogens is 1. The van der Waals surface area contributed by atoms with E-state index in [1.54, 1.807) is 24.4 Å². The van der Waals surface area contributed by atoms with E-state index in [0.717, 1.165) is 32.6 Å². The molecule has 1 unspecified atom stereocenters. The molecule has 0 amide bonds. The van der Waals surface area contributed by atoms with Crippen LogP contribution in [0.2, 0.25) is 0 Å². The van der Waals surface area contributed by atoms with Gasteiger partial charge in [0, 0.05) is 19.3 Å². The lowest BCUT2D eigenvalue weighted by atomic mass is 10.1. The number of anilines is 1. The molecule has 0 radical (unpaired) electrons. The van der Waals surface area contributed by atoms with Gasteiger partial charge < -0.3 is 10.2 Å². The lowest BCUT2D eigenvalue weighted by Gasteiger charge is -2.15. The van der Waals surface area contributed by atoms with Crippen LogP contribution in [0.4, 0.5) is 11.4 Å². The third-order valence-electron chi connectivity index (χ3n) is 4.43. The molecular weight excluding hydrogens is 292 g/mol. The molecule has 3 rings (SSSR count). The van der Waals surface area contributed by atoms with Crippen LogP contribution in [0.15, 0.2) is 30.5 Å². The van der Waals surface area contributed by atoms with Crippen molar-refractivity contribution in [3.8, 4) is 0 Å². The van der Waals surface area contributed by atoms with Crippen molar-refractivity contribution >= 4 is 22.3 Å². The standard InChI is InChI=1S/C17H22N4O2/c1-2-9-20-10-7-13(12-20)11-19-16-6-5-15-14(4-3-8-18-15)17(16)21(22)23/h3-6,8,13,19H,2,7,9-12H2,1H3. The number of pyridine rings is 1. The second kappa shape index (κ2) is 6.91. The van der Waals surface area contributed by atoms with Gasteiger partial charge >= 0.3 is 5.69 Å². The van der Waals surface area contributed by atoms with Gasteiger partial charge in [0.05, 0.1) is 15.8 Å². The van der Waals surface area contributed by atoms with Gasteiger partial charge in [-0.2, -0.15) is 0 Å². The zero-order chi connectivity index (χ0) is 16.2. The van der Waals surface area contributed by atoms with Crippen molar-refractivity contribution in [3.63, 3.8) is 0 Å². The van der Waals surface area contributed by atoms with Crippen LogP contribution in [0, 0.1) is 16.0 Å². The number of rotatable bonds is 6. The summed E-state index contributed by atoms with van der Waals surface area (Å²) in [7, 11) is 0. The fourth-order valence-corrected chi connectivity index (χ4v) is 3.33. The Hall–Kier alpha value is -2.21. The van der Waals surface area contributed by atoms with Crippen molar-refractivity contribution in [1.29, 1.82) is 0 Å². The summed E-state index contributed by atoms with van der Waals surface area (Å²) in [6.45, 7) is 6.30. The summed E-state index contributed by atoms with van der Waals surface area (Å²) in [5.74, 6) is 0.547. The van der Waals surface area contributed by atoms with Crippen LogP contribution >= 0.6 is 0 Å². The number of nitro groups is 1. The molecule has 6 nitrogen and oxygen atoms in total. The van der Waals surface area contributed by atoms with Gasteiger partial charge in [-0.25, -0.2) is 0 Å². The van der Waals surface area contributed by atoms with E-state index in [1.165, 1.54) is 6.42 Å². The molecule has 1 N–H and O–H groups in total. The number of fused-ring (bicyclic) bond motifs is 1. The summed E-state index contributed by atoms with van der Waals surface area (Å²) in [5.41, 5.74) is 1.36. The van der Waals surface area contributed by atoms with Gasteiger partial charge in [0.25, 0.3) is 0 Å². The van der Waals surface area contributed by atoms with E-state index in [4.69, 9.17) is 0 Å². The topological polar surface area (TPSA) is 71.3 Å². The van der Waals surface area contributed by atoms with Crippen molar-refractivity contribution < 1.29 is 4.92 Å². The minimum Gasteiger partial charge on any atom is -0.379 e. The van der Waals surface area contributed by atoms with Gasteiger partial charge in [0.1, 0.15) is 5.69 Å². The molecule has 1 saturated heterocycles. The van der Waals surface area contributed by atoms with E-state index < -0.39 is 0 Å². The summed E-state index contributed by atoms with van der Waals surface area (Å²) in [4.78, 5) is 17.8. The molecular formula is C17H22N4O2. The minimum atomic E-state index is -0.315. The third kappa shape index (κ3) is 3.42. The second-order valence-corrected chi connectivity index (χ2v) is 6.13. The maximum Gasteiger partial charge on any atom is 0.301 e. The van der Waals surface area contributed by atoms with Crippen molar-refractivity contribution in [1.82, 2.24) is 9.88 Å². The maximum absolute atomic E-state index is 11.5. The smallest absolute Gasteiger partial charge is 0.301 e. The zero-order valence-electron chi connectivity index (χ0n) is 13.4. The Morgan fingerprint density at radius 1 is 1.43 bits per heavy atom. The first-order chi connectivity index (χ1) is 11.2. The molecule has 0 bridgehead atoms. The first-order valence-corrected chi connectivity index (χ1v) is 8.17. The first-order valence-electron chi connectivity index (χ1n) is 8.17. The van der Waals surface area contributed by atoms with E-state index in [0.29, 0.717) is 22.5 Å². The number of hydrogen-bond acceptors (Lipinski definition) is 5. The normalized spacial score (nSPS) is 18.4. The summed E-state index contributed by atoms with van der Waals surface area (Å²) in [5, 5.41) is 15.4. The van der Waals surface area contributed by atoms with Crippen LogP contribution in [-0.4, -0.2) is 41.0 Å². The highest BCUT2D eigenvalue weighted by molar-refractivity contribution is 5.94. The molecule has 1 aromatic heterocycles. The molecule has 1 aromatic carbocycles. The largest absolute Gasteiger partial charge is 0.379 e. The number of benzene rings is 1. The Bertz CT molecular complexity index is 704. The Morgan fingerprint density at radius 2 is 2.30 bits per heavy atom. The van der Waals surface area contributed by atoms with Gasteiger partial charge in [-0.15, -0.1) is 0 Å². The maximum atomic E-state index is 11.5. The van der Waals surface area contributed by atoms with Crippen molar-refractivity contribution in [3.05, 3.63) is 40.6 Å². The molecule has 1 aliphatic rings. The van der Waals surface area contributed by atoms with Crippen molar-refractivity contribution in [2.45, 2.75) is 19.8 Å². The predicted octanol–water partition coefficient (Wildman–Crippen LogP) is 3.29. The van der Waals surface area contributed by atoms with E-state index in [1.807, 2.05) is 6.07 Å². The monoisotopic (exact) mass is 314 g/mol. The summed E-state index contributed by atoms with van der Waals surface area (Å²) >= 11 is 0. The SMILES string of the molecule is CCCN1CCC(CNc2ccc3ncccc3c2[N+](=O)[O-])C1. The second-order valence-electron chi connectivity index (χ2n) is 6.13. The number of hydrogen-bond donors (Lipinski definition) is 1. The molecule has 0 saturated carbocycles. The Balaban J connectivity index is 1.75. The van der Waals surface area contributed by atoms with Gasteiger partial charge in [0.15, 0.2) is 0 Å². The predicted molar refractivity (Wildman–Crippen MR) is 91.7 cm³/mol. The molecule has 6 heteroatoms. The lowest BCUT2D eigenvalue weighted by molar-refractivity contribution is -0.382. The quantitative estimate of drug-likeness (QED) is 0.654. The molecule has 2 heterocycles. The van der Waals surface area contributed by atoms with Crippen molar-refractivity contribution in [2.24, 2.45) is 5.92 Å². The van der Waals surface area contributed by atoms with E-state index in [9.17, 15) is 10.1 Å². The fraction of sp³-hybridized carbons (Fsp3) is 0.471. The van der Waals surface area contributed by atoms with Gasteiger partial charge in [-0.1, -0.05) is 6.92 Å². The number of nitrogens with one attached hydrogen (secondary N) is 1. The van der Waals surface area contributed by atoms with Gasteiger partial charge in [-0.3, -0.25) is 15.1 Å². The third-order valence-corrected chi connectivity index (χ3v) is 4.43. The summed E-state index contributed by atoms with van der Waals surface area (Å²) < 4.78 is 0. The molecule has 0 spiro atoms. The molecule has 1 atom stereocenters. The first kappa shape index (κ1) is 15.7. The minimum absolute atomic E-state index is 0.124. The fourth-order valence-electron chi connectivity index (χ4n) is 3.33. The van der Waals surface area contributed by atoms with E-state index >= 15 is 0 Å². The molecule has 2 aromatic rings.